The van der Waals surface area contributed by atoms with E-state index in [0.29, 0.717) is 16.8 Å². The van der Waals surface area contributed by atoms with Crippen LogP contribution in [0.5, 0.6) is 0 Å². The zero-order chi connectivity index (χ0) is 24.2. The molecule has 0 unspecified atom stereocenters. The fourth-order valence-electron chi connectivity index (χ4n) is 3.01. The minimum absolute atomic E-state index is 0.195. The molecule has 0 radical (unpaired) electrons. The SMILES string of the molecule is Cc1ccc(C(C)(C)C)cc1S(=O)(=O)Nc1ccc(C(=O)NNC(=O)c2cccnc2)cc1. The van der Waals surface area contributed by atoms with Gasteiger partial charge in [0.2, 0.25) is 0 Å². The molecule has 8 nitrogen and oxygen atoms in total. The number of pyridine rings is 1. The van der Waals surface area contributed by atoms with E-state index in [9.17, 15) is 18.0 Å². The van der Waals surface area contributed by atoms with E-state index in [4.69, 9.17) is 0 Å². The summed E-state index contributed by atoms with van der Waals surface area (Å²) >= 11 is 0. The molecule has 1 aromatic heterocycles. The molecule has 3 rings (SSSR count). The zero-order valence-electron chi connectivity index (χ0n) is 18.8. The molecule has 3 N–H and O–H groups in total. The van der Waals surface area contributed by atoms with Crippen molar-refractivity contribution in [3.8, 4) is 0 Å². The van der Waals surface area contributed by atoms with Gasteiger partial charge in [0.1, 0.15) is 0 Å². The molecule has 2 aromatic carbocycles. The maximum atomic E-state index is 13.0. The number of hydrazine groups is 1. The number of carbonyl (C=O) groups excluding carboxylic acids is 2. The number of hydrogen-bond donors (Lipinski definition) is 3. The molecule has 33 heavy (non-hydrogen) atoms. The molecule has 0 fully saturated rings. The average molecular weight is 467 g/mol. The van der Waals surface area contributed by atoms with Gasteiger partial charge < -0.3 is 0 Å². The number of aromatic nitrogens is 1. The van der Waals surface area contributed by atoms with Gasteiger partial charge in [-0.3, -0.25) is 30.1 Å². The Hall–Kier alpha value is -3.72. The van der Waals surface area contributed by atoms with E-state index >= 15 is 0 Å². The van der Waals surface area contributed by atoms with Crippen molar-refractivity contribution >= 4 is 27.5 Å². The highest BCUT2D eigenvalue weighted by atomic mass is 32.2. The normalized spacial score (nSPS) is 11.5. The second kappa shape index (κ2) is 9.41. The van der Waals surface area contributed by atoms with Crippen LogP contribution < -0.4 is 15.6 Å². The van der Waals surface area contributed by atoms with E-state index < -0.39 is 21.8 Å². The van der Waals surface area contributed by atoms with E-state index in [0.717, 1.165) is 5.56 Å². The van der Waals surface area contributed by atoms with Crippen LogP contribution in [0.15, 0.2) is 71.9 Å². The van der Waals surface area contributed by atoms with Crippen molar-refractivity contribution in [1.82, 2.24) is 15.8 Å². The predicted molar refractivity (Wildman–Crippen MR) is 126 cm³/mol. The summed E-state index contributed by atoms with van der Waals surface area (Å²) in [5.74, 6) is -1.05. The summed E-state index contributed by atoms with van der Waals surface area (Å²) in [5, 5.41) is 0. The Morgan fingerprint density at radius 1 is 0.879 bits per heavy atom. The van der Waals surface area contributed by atoms with Crippen molar-refractivity contribution in [2.75, 3.05) is 4.72 Å². The molecule has 0 saturated heterocycles. The van der Waals surface area contributed by atoms with Crippen LogP contribution in [0.25, 0.3) is 0 Å². The van der Waals surface area contributed by atoms with Gasteiger partial charge in [-0.15, -0.1) is 0 Å². The van der Waals surface area contributed by atoms with E-state index in [1.807, 2.05) is 26.8 Å². The van der Waals surface area contributed by atoms with Crippen LogP contribution in [0, 0.1) is 6.92 Å². The number of nitrogens with one attached hydrogen (secondary N) is 3. The third-order valence-electron chi connectivity index (χ3n) is 4.96. The first-order chi connectivity index (χ1) is 15.5. The molecular formula is C24H26N4O4S. The minimum atomic E-state index is -3.83. The lowest BCUT2D eigenvalue weighted by molar-refractivity contribution is 0.0846. The van der Waals surface area contributed by atoms with Crippen molar-refractivity contribution in [2.45, 2.75) is 38.0 Å². The largest absolute Gasteiger partial charge is 0.280 e. The Morgan fingerprint density at radius 3 is 2.09 bits per heavy atom. The summed E-state index contributed by atoms with van der Waals surface area (Å²) in [6, 6.07) is 14.5. The number of carbonyl (C=O) groups is 2. The summed E-state index contributed by atoms with van der Waals surface area (Å²) in [4.78, 5) is 28.3. The monoisotopic (exact) mass is 466 g/mol. The van der Waals surface area contributed by atoms with Crippen molar-refractivity contribution in [2.24, 2.45) is 0 Å². The molecular weight excluding hydrogens is 440 g/mol. The van der Waals surface area contributed by atoms with E-state index in [1.54, 1.807) is 31.2 Å². The van der Waals surface area contributed by atoms with Crippen molar-refractivity contribution in [3.05, 3.63) is 89.2 Å². The van der Waals surface area contributed by atoms with Crippen LogP contribution >= 0.6 is 0 Å². The Kier molecular flexibility index (Phi) is 6.83. The van der Waals surface area contributed by atoms with Crippen LogP contribution in [0.4, 0.5) is 5.69 Å². The Balaban J connectivity index is 1.69. The molecule has 0 saturated carbocycles. The number of aryl methyl sites for hydroxylation is 1. The lowest BCUT2D eigenvalue weighted by Gasteiger charge is -2.21. The molecule has 172 valence electrons. The third-order valence-corrected chi connectivity index (χ3v) is 6.48. The van der Waals surface area contributed by atoms with Gasteiger partial charge in [-0.25, -0.2) is 8.42 Å². The molecule has 1 heterocycles. The van der Waals surface area contributed by atoms with Crippen molar-refractivity contribution in [1.29, 1.82) is 0 Å². The van der Waals surface area contributed by atoms with E-state index in [-0.39, 0.29) is 15.9 Å². The van der Waals surface area contributed by atoms with Gasteiger partial charge in [0.25, 0.3) is 21.8 Å². The van der Waals surface area contributed by atoms with Gasteiger partial charge in [-0.1, -0.05) is 32.9 Å². The summed E-state index contributed by atoms with van der Waals surface area (Å²) in [6.07, 6.45) is 2.91. The first-order valence-electron chi connectivity index (χ1n) is 10.2. The van der Waals surface area contributed by atoms with Crippen LogP contribution in [0.2, 0.25) is 0 Å². The maximum absolute atomic E-state index is 13.0. The van der Waals surface area contributed by atoms with Crippen LogP contribution in [-0.2, 0) is 15.4 Å². The molecule has 0 aliphatic rings. The first-order valence-corrected chi connectivity index (χ1v) is 11.7. The van der Waals surface area contributed by atoms with Gasteiger partial charge in [0, 0.05) is 23.6 Å². The van der Waals surface area contributed by atoms with Gasteiger partial charge in [0.15, 0.2) is 0 Å². The number of hydrogen-bond acceptors (Lipinski definition) is 5. The predicted octanol–water partition coefficient (Wildman–Crippen LogP) is 3.56. The smallest absolute Gasteiger partial charge is 0.271 e. The molecule has 3 aromatic rings. The molecule has 0 aliphatic heterocycles. The van der Waals surface area contributed by atoms with Gasteiger partial charge in [-0.05, 0) is 65.9 Å². The van der Waals surface area contributed by atoms with Crippen LogP contribution in [0.3, 0.4) is 0 Å². The fraction of sp³-hybridized carbons (Fsp3) is 0.208. The first kappa shape index (κ1) is 23.9. The standard InChI is InChI=1S/C24H26N4O4S/c1-16-7-10-19(24(2,3)4)14-21(16)33(31,32)28-20-11-8-17(9-12-20)22(29)26-27-23(30)18-6-5-13-25-15-18/h5-15,28H,1-4H3,(H,26,29)(H,27,30). The summed E-state index contributed by atoms with van der Waals surface area (Å²) in [7, 11) is -3.83. The molecule has 0 spiro atoms. The second-order valence-electron chi connectivity index (χ2n) is 8.56. The van der Waals surface area contributed by atoms with Crippen LogP contribution in [0.1, 0.15) is 52.6 Å². The number of benzene rings is 2. The summed E-state index contributed by atoms with van der Waals surface area (Å²) < 4.78 is 28.5. The minimum Gasteiger partial charge on any atom is -0.280 e. The number of rotatable bonds is 5. The number of nitrogens with zero attached hydrogens (tertiary/aromatic N) is 1. The quantitative estimate of drug-likeness (QED) is 0.497. The molecule has 2 amide bonds. The van der Waals surface area contributed by atoms with Crippen LogP contribution in [-0.4, -0.2) is 25.2 Å². The van der Waals surface area contributed by atoms with Gasteiger partial charge >= 0.3 is 0 Å². The summed E-state index contributed by atoms with van der Waals surface area (Å²) in [6.45, 7) is 7.80. The highest BCUT2D eigenvalue weighted by molar-refractivity contribution is 7.92. The molecule has 0 aliphatic carbocycles. The Labute approximate surface area is 193 Å². The maximum Gasteiger partial charge on any atom is 0.271 e. The molecule has 0 bridgehead atoms. The lowest BCUT2D eigenvalue weighted by atomic mass is 9.87. The van der Waals surface area contributed by atoms with Crippen molar-refractivity contribution < 1.29 is 18.0 Å². The fourth-order valence-corrected chi connectivity index (χ4v) is 4.34. The topological polar surface area (TPSA) is 117 Å². The summed E-state index contributed by atoms with van der Waals surface area (Å²) in [5.41, 5.74) is 6.83. The average Bonchev–Trinajstić information content (AvgIpc) is 2.77. The Morgan fingerprint density at radius 2 is 1.52 bits per heavy atom. The van der Waals surface area contributed by atoms with Crippen molar-refractivity contribution in [3.63, 3.8) is 0 Å². The van der Waals surface area contributed by atoms with Gasteiger partial charge in [-0.2, -0.15) is 0 Å². The molecule has 0 atom stereocenters. The highest BCUT2D eigenvalue weighted by Gasteiger charge is 2.21. The van der Waals surface area contributed by atoms with E-state index in [1.165, 1.54) is 36.7 Å². The number of anilines is 1. The third kappa shape index (κ3) is 5.95. The number of amides is 2. The van der Waals surface area contributed by atoms with Gasteiger partial charge in [0.05, 0.1) is 10.5 Å². The molecule has 9 heteroatoms. The Bertz CT molecular complexity index is 1270. The zero-order valence-corrected chi connectivity index (χ0v) is 19.7. The second-order valence-corrected chi connectivity index (χ2v) is 10.2. The van der Waals surface area contributed by atoms with E-state index in [2.05, 4.69) is 20.6 Å². The number of sulfonamides is 1. The lowest BCUT2D eigenvalue weighted by Crippen LogP contribution is -2.41. The highest BCUT2D eigenvalue weighted by Crippen LogP contribution is 2.27.